The van der Waals surface area contributed by atoms with Gasteiger partial charge in [0.1, 0.15) is 10.7 Å². The van der Waals surface area contributed by atoms with E-state index in [2.05, 4.69) is 10.3 Å². The number of hydrogen-bond donors (Lipinski definition) is 2. The second-order valence-corrected chi connectivity index (χ2v) is 5.06. The molecule has 1 aliphatic carbocycles. The van der Waals surface area contributed by atoms with Crippen molar-refractivity contribution in [1.82, 2.24) is 10.3 Å². The fraction of sp³-hybridized carbons (Fsp3) is 0.636. The molecule has 94 valence electrons. The van der Waals surface area contributed by atoms with Crippen LogP contribution in [0.5, 0.6) is 0 Å². The van der Waals surface area contributed by atoms with Gasteiger partial charge in [-0.25, -0.2) is 4.98 Å². The van der Waals surface area contributed by atoms with Crippen LogP contribution in [0.1, 0.15) is 34.8 Å². The highest BCUT2D eigenvalue weighted by atomic mass is 32.1. The number of nitrogens with two attached hydrogens (primary N) is 1. The maximum absolute atomic E-state index is 11.9. The third kappa shape index (κ3) is 2.83. The van der Waals surface area contributed by atoms with E-state index in [-0.39, 0.29) is 18.1 Å². The van der Waals surface area contributed by atoms with Gasteiger partial charge in [0.25, 0.3) is 5.91 Å². The summed E-state index contributed by atoms with van der Waals surface area (Å²) in [7, 11) is 1.69. The molecule has 2 rings (SSSR count). The van der Waals surface area contributed by atoms with E-state index in [1.54, 1.807) is 12.5 Å². The smallest absolute Gasteiger partial charge is 0.271 e. The molecular formula is C11H17N3O2S. The van der Waals surface area contributed by atoms with E-state index in [0.29, 0.717) is 12.2 Å². The van der Waals surface area contributed by atoms with Crippen LogP contribution in [-0.4, -0.2) is 30.1 Å². The van der Waals surface area contributed by atoms with E-state index in [0.717, 1.165) is 24.3 Å². The Kier molecular flexibility index (Phi) is 4.09. The lowest BCUT2D eigenvalue weighted by atomic mass is 10.2. The van der Waals surface area contributed by atoms with Crippen LogP contribution < -0.4 is 11.1 Å². The molecule has 17 heavy (non-hydrogen) atoms. The minimum Gasteiger partial charge on any atom is -0.379 e. The van der Waals surface area contributed by atoms with E-state index in [1.165, 1.54) is 11.3 Å². The number of aromatic nitrogens is 1. The van der Waals surface area contributed by atoms with Crippen molar-refractivity contribution < 1.29 is 9.53 Å². The van der Waals surface area contributed by atoms with E-state index in [9.17, 15) is 4.79 Å². The molecule has 1 amide bonds. The topological polar surface area (TPSA) is 77.2 Å². The van der Waals surface area contributed by atoms with Crippen LogP contribution in [0, 0.1) is 0 Å². The third-order valence-electron chi connectivity index (χ3n) is 3.03. The number of methoxy groups -OCH3 is 1. The van der Waals surface area contributed by atoms with E-state index in [4.69, 9.17) is 10.5 Å². The standard InChI is InChI=1S/C11H17N3O2S/c1-16-9-4-2-3-7(9)14-11(15)8-6-17-10(5-12)13-8/h6-7,9H,2-5,12H2,1H3,(H,14,15). The lowest BCUT2D eigenvalue weighted by Crippen LogP contribution is -2.40. The SMILES string of the molecule is COC1CCCC1NC(=O)c1csc(CN)n1. The number of nitrogens with zero attached hydrogens (tertiary/aromatic N) is 1. The van der Waals surface area contributed by atoms with Crippen LogP contribution in [0.25, 0.3) is 0 Å². The Bertz CT molecular complexity index is 394. The molecule has 0 bridgehead atoms. The number of hydrogen-bond acceptors (Lipinski definition) is 5. The fourth-order valence-corrected chi connectivity index (χ4v) is 2.78. The number of rotatable bonds is 4. The number of carbonyl (C=O) groups excluding carboxylic acids is 1. The van der Waals surface area contributed by atoms with Gasteiger partial charge in [0.15, 0.2) is 0 Å². The number of ether oxygens (including phenoxy) is 1. The molecular weight excluding hydrogens is 238 g/mol. The molecule has 1 fully saturated rings. The van der Waals surface area contributed by atoms with E-state index >= 15 is 0 Å². The molecule has 0 aliphatic heterocycles. The summed E-state index contributed by atoms with van der Waals surface area (Å²) in [5, 5.41) is 5.50. The zero-order valence-electron chi connectivity index (χ0n) is 9.81. The Morgan fingerprint density at radius 2 is 2.53 bits per heavy atom. The molecule has 1 heterocycles. The normalized spacial score (nSPS) is 23.9. The number of nitrogens with one attached hydrogen (secondary N) is 1. The third-order valence-corrected chi connectivity index (χ3v) is 3.90. The fourth-order valence-electron chi connectivity index (χ4n) is 2.12. The summed E-state index contributed by atoms with van der Waals surface area (Å²) in [6.07, 6.45) is 3.20. The minimum absolute atomic E-state index is 0.107. The minimum atomic E-state index is -0.130. The summed E-state index contributed by atoms with van der Waals surface area (Å²) in [6, 6.07) is 0.107. The molecule has 6 heteroatoms. The predicted octanol–water partition coefficient (Wildman–Crippen LogP) is 0.899. The van der Waals surface area contributed by atoms with Crippen molar-refractivity contribution >= 4 is 17.2 Å². The number of amides is 1. The van der Waals surface area contributed by atoms with Crippen molar-refractivity contribution in [3.63, 3.8) is 0 Å². The molecule has 3 N–H and O–H groups in total. The van der Waals surface area contributed by atoms with Gasteiger partial charge in [-0.2, -0.15) is 0 Å². The first-order valence-electron chi connectivity index (χ1n) is 5.72. The molecule has 1 aliphatic rings. The Labute approximate surface area is 104 Å². The predicted molar refractivity (Wildman–Crippen MR) is 65.9 cm³/mol. The van der Waals surface area contributed by atoms with Crippen LogP contribution in [-0.2, 0) is 11.3 Å². The van der Waals surface area contributed by atoms with E-state index in [1.807, 2.05) is 0 Å². The maximum Gasteiger partial charge on any atom is 0.271 e. The summed E-state index contributed by atoms with van der Waals surface area (Å²) in [4.78, 5) is 16.1. The lowest BCUT2D eigenvalue weighted by molar-refractivity contribution is 0.0719. The van der Waals surface area contributed by atoms with Gasteiger partial charge in [0.05, 0.1) is 12.1 Å². The zero-order chi connectivity index (χ0) is 12.3. The average Bonchev–Trinajstić information content (AvgIpc) is 2.96. The summed E-state index contributed by atoms with van der Waals surface area (Å²) in [5.74, 6) is -0.130. The van der Waals surface area contributed by atoms with Gasteiger partial charge in [-0.1, -0.05) is 0 Å². The molecule has 0 radical (unpaired) electrons. The molecule has 0 aromatic carbocycles. The molecule has 1 saturated carbocycles. The largest absolute Gasteiger partial charge is 0.379 e. The highest BCUT2D eigenvalue weighted by Gasteiger charge is 2.29. The van der Waals surface area contributed by atoms with E-state index < -0.39 is 0 Å². The average molecular weight is 255 g/mol. The van der Waals surface area contributed by atoms with Crippen LogP contribution in [0.15, 0.2) is 5.38 Å². The highest BCUT2D eigenvalue weighted by molar-refractivity contribution is 7.09. The Balaban J connectivity index is 1.96. The molecule has 0 spiro atoms. The van der Waals surface area contributed by atoms with Crippen molar-refractivity contribution in [2.45, 2.75) is 38.0 Å². The molecule has 1 aromatic heterocycles. The number of carbonyl (C=O) groups is 1. The van der Waals surface area contributed by atoms with Gasteiger partial charge >= 0.3 is 0 Å². The number of thiazole rings is 1. The van der Waals surface area contributed by atoms with Crippen molar-refractivity contribution in [3.05, 3.63) is 16.1 Å². The first-order chi connectivity index (χ1) is 8.24. The van der Waals surface area contributed by atoms with Crippen LogP contribution in [0.2, 0.25) is 0 Å². The summed E-state index contributed by atoms with van der Waals surface area (Å²) >= 11 is 1.41. The maximum atomic E-state index is 11.9. The zero-order valence-corrected chi connectivity index (χ0v) is 10.6. The Hall–Kier alpha value is -0.980. The summed E-state index contributed by atoms with van der Waals surface area (Å²) in [5.41, 5.74) is 5.92. The van der Waals surface area contributed by atoms with Crippen LogP contribution in [0.4, 0.5) is 0 Å². The summed E-state index contributed by atoms with van der Waals surface area (Å²) in [6.45, 7) is 0.377. The second-order valence-electron chi connectivity index (χ2n) is 4.12. The highest BCUT2D eigenvalue weighted by Crippen LogP contribution is 2.22. The van der Waals surface area contributed by atoms with Crippen LogP contribution in [0.3, 0.4) is 0 Å². The molecule has 5 nitrogen and oxygen atoms in total. The van der Waals surface area contributed by atoms with Gasteiger partial charge in [-0.05, 0) is 19.3 Å². The van der Waals surface area contributed by atoms with Gasteiger partial charge in [0, 0.05) is 19.0 Å². The van der Waals surface area contributed by atoms with Crippen molar-refractivity contribution in [3.8, 4) is 0 Å². The van der Waals surface area contributed by atoms with Crippen molar-refractivity contribution in [1.29, 1.82) is 0 Å². The van der Waals surface area contributed by atoms with Gasteiger partial charge < -0.3 is 15.8 Å². The Morgan fingerprint density at radius 3 is 3.18 bits per heavy atom. The summed E-state index contributed by atoms with van der Waals surface area (Å²) < 4.78 is 5.33. The van der Waals surface area contributed by atoms with Crippen molar-refractivity contribution in [2.75, 3.05) is 7.11 Å². The quantitative estimate of drug-likeness (QED) is 0.838. The Morgan fingerprint density at radius 1 is 1.71 bits per heavy atom. The molecule has 0 saturated heterocycles. The molecule has 2 unspecified atom stereocenters. The van der Waals surface area contributed by atoms with Crippen LogP contribution >= 0.6 is 11.3 Å². The monoisotopic (exact) mass is 255 g/mol. The molecule has 1 aromatic rings. The first-order valence-corrected chi connectivity index (χ1v) is 6.60. The lowest BCUT2D eigenvalue weighted by Gasteiger charge is -2.18. The molecule has 2 atom stereocenters. The second kappa shape index (κ2) is 5.57. The van der Waals surface area contributed by atoms with Gasteiger partial charge in [-0.3, -0.25) is 4.79 Å². The first kappa shape index (κ1) is 12.5. The van der Waals surface area contributed by atoms with Gasteiger partial charge in [0.2, 0.25) is 0 Å². The van der Waals surface area contributed by atoms with Crippen molar-refractivity contribution in [2.24, 2.45) is 5.73 Å². The van der Waals surface area contributed by atoms with Gasteiger partial charge in [-0.15, -0.1) is 11.3 Å².